The lowest BCUT2D eigenvalue weighted by molar-refractivity contribution is -0.0815. The second-order valence-electron chi connectivity index (χ2n) is 7.06. The van der Waals surface area contributed by atoms with E-state index < -0.39 is 5.60 Å². The van der Waals surface area contributed by atoms with Crippen molar-refractivity contribution in [2.75, 3.05) is 6.61 Å². The molecule has 1 spiro atoms. The van der Waals surface area contributed by atoms with Crippen LogP contribution in [0.4, 0.5) is 4.79 Å². The second kappa shape index (κ2) is 5.90. The summed E-state index contributed by atoms with van der Waals surface area (Å²) in [7, 11) is 0. The maximum atomic E-state index is 11.7. The van der Waals surface area contributed by atoms with Gasteiger partial charge in [0, 0.05) is 6.04 Å². The Balaban J connectivity index is 1.76. The van der Waals surface area contributed by atoms with Crippen molar-refractivity contribution in [1.82, 2.24) is 5.32 Å². The van der Waals surface area contributed by atoms with Crippen LogP contribution in [0.3, 0.4) is 0 Å². The molecule has 1 unspecified atom stereocenters. The maximum absolute atomic E-state index is 11.7. The lowest BCUT2D eigenvalue weighted by atomic mass is 9.80. The Kier molecular flexibility index (Phi) is 4.59. The van der Waals surface area contributed by atoms with Gasteiger partial charge in [-0.3, -0.25) is 0 Å². The number of ether oxygens (including phenoxy) is 2. The molecule has 0 bridgehead atoms. The fraction of sp³-hybridized carbons (Fsp3) is 0.933. The number of rotatable bonds is 2. The molecule has 1 saturated heterocycles. The summed E-state index contributed by atoms with van der Waals surface area (Å²) in [6.45, 7) is 5.71. The van der Waals surface area contributed by atoms with E-state index >= 15 is 0 Å². The molecule has 2 N–H and O–H groups in total. The fourth-order valence-electron chi connectivity index (χ4n) is 3.15. The van der Waals surface area contributed by atoms with Crippen LogP contribution in [0.15, 0.2) is 0 Å². The summed E-state index contributed by atoms with van der Waals surface area (Å²) in [5, 5.41) is 12.1. The summed E-state index contributed by atoms with van der Waals surface area (Å²) in [4.78, 5) is 11.7. The van der Waals surface area contributed by atoms with Crippen LogP contribution in [-0.2, 0) is 9.47 Å². The highest BCUT2D eigenvalue weighted by Crippen LogP contribution is 2.41. The molecule has 0 aromatic rings. The zero-order chi connectivity index (χ0) is 14.8. The van der Waals surface area contributed by atoms with Crippen molar-refractivity contribution in [3.05, 3.63) is 0 Å². The lowest BCUT2D eigenvalue weighted by Crippen LogP contribution is -2.45. The predicted octanol–water partition coefficient (Wildman–Crippen LogP) is 2.36. The number of hydrogen-bond acceptors (Lipinski definition) is 4. The molecule has 1 amide bonds. The Morgan fingerprint density at radius 1 is 1.30 bits per heavy atom. The smallest absolute Gasteiger partial charge is 0.407 e. The summed E-state index contributed by atoms with van der Waals surface area (Å²) < 4.78 is 11.3. The van der Waals surface area contributed by atoms with Gasteiger partial charge in [0.15, 0.2) is 0 Å². The van der Waals surface area contributed by atoms with Gasteiger partial charge in [0.1, 0.15) is 5.60 Å². The number of carbonyl (C=O) groups excluding carboxylic acids is 1. The number of alkyl carbamates (subject to hydrolysis) is 1. The van der Waals surface area contributed by atoms with Crippen molar-refractivity contribution in [2.45, 2.75) is 82.6 Å². The van der Waals surface area contributed by atoms with Gasteiger partial charge in [-0.2, -0.15) is 0 Å². The molecular formula is C15H27NO4. The molecule has 2 aliphatic rings. The number of aliphatic hydroxyl groups is 1. The molecule has 1 atom stereocenters. The van der Waals surface area contributed by atoms with Gasteiger partial charge in [-0.25, -0.2) is 4.79 Å². The summed E-state index contributed by atoms with van der Waals surface area (Å²) in [5.41, 5.74) is -0.512. The van der Waals surface area contributed by atoms with Crippen molar-refractivity contribution in [3.63, 3.8) is 0 Å². The molecule has 5 heteroatoms. The average Bonchev–Trinajstić information content (AvgIpc) is 2.74. The Morgan fingerprint density at radius 2 is 1.90 bits per heavy atom. The number of hydrogen-bond donors (Lipinski definition) is 2. The van der Waals surface area contributed by atoms with Crippen molar-refractivity contribution < 1.29 is 19.4 Å². The SMILES string of the molecule is CC(C)(C)OC(=O)NC1CCC2(CC1)CCC(CO)O2. The first-order chi connectivity index (χ1) is 9.32. The summed E-state index contributed by atoms with van der Waals surface area (Å²) >= 11 is 0. The van der Waals surface area contributed by atoms with Crippen LogP contribution in [0, 0.1) is 0 Å². The van der Waals surface area contributed by atoms with Crippen molar-refractivity contribution >= 4 is 6.09 Å². The van der Waals surface area contributed by atoms with E-state index in [0.717, 1.165) is 38.5 Å². The molecule has 2 rings (SSSR count). The van der Waals surface area contributed by atoms with Crippen molar-refractivity contribution in [1.29, 1.82) is 0 Å². The highest BCUT2D eigenvalue weighted by molar-refractivity contribution is 5.68. The van der Waals surface area contributed by atoms with E-state index in [2.05, 4.69) is 5.32 Å². The monoisotopic (exact) mass is 285 g/mol. The third-order valence-electron chi connectivity index (χ3n) is 4.16. The minimum Gasteiger partial charge on any atom is -0.444 e. The topological polar surface area (TPSA) is 67.8 Å². The Hall–Kier alpha value is -0.810. The zero-order valence-corrected chi connectivity index (χ0v) is 12.8. The number of nitrogens with one attached hydrogen (secondary N) is 1. The van der Waals surface area contributed by atoms with Crippen LogP contribution in [-0.4, -0.2) is 41.2 Å². The Morgan fingerprint density at radius 3 is 2.40 bits per heavy atom. The van der Waals surface area contributed by atoms with Gasteiger partial charge in [-0.15, -0.1) is 0 Å². The first-order valence-electron chi connectivity index (χ1n) is 7.60. The quantitative estimate of drug-likeness (QED) is 0.817. The Bertz CT molecular complexity index is 342. The minimum absolute atomic E-state index is 0.00497. The normalized spacial score (nSPS) is 34.2. The lowest BCUT2D eigenvalue weighted by Gasteiger charge is -2.37. The molecule has 0 radical (unpaired) electrons. The maximum Gasteiger partial charge on any atom is 0.407 e. The molecule has 1 heterocycles. The van der Waals surface area contributed by atoms with Crippen LogP contribution in [0.2, 0.25) is 0 Å². The van der Waals surface area contributed by atoms with Gasteiger partial charge in [-0.1, -0.05) is 0 Å². The van der Waals surface area contributed by atoms with Gasteiger partial charge in [0.2, 0.25) is 0 Å². The first-order valence-corrected chi connectivity index (χ1v) is 7.60. The molecule has 1 aliphatic carbocycles. The molecule has 0 aromatic carbocycles. The van der Waals surface area contributed by atoms with Crippen LogP contribution < -0.4 is 5.32 Å². The van der Waals surface area contributed by atoms with E-state index in [-0.39, 0.29) is 30.4 Å². The van der Waals surface area contributed by atoms with Crippen LogP contribution in [0.1, 0.15) is 59.3 Å². The van der Waals surface area contributed by atoms with Gasteiger partial charge >= 0.3 is 6.09 Å². The number of amides is 1. The predicted molar refractivity (Wildman–Crippen MR) is 75.5 cm³/mol. The van der Waals surface area contributed by atoms with E-state index in [1.165, 1.54) is 0 Å². The van der Waals surface area contributed by atoms with E-state index in [4.69, 9.17) is 14.6 Å². The first kappa shape index (κ1) is 15.6. The van der Waals surface area contributed by atoms with E-state index in [1.54, 1.807) is 0 Å². The summed E-state index contributed by atoms with van der Waals surface area (Å²) in [6.07, 6.45) is 5.37. The number of carbonyl (C=O) groups is 1. The summed E-state index contributed by atoms with van der Waals surface area (Å²) in [6, 6.07) is 0.173. The molecular weight excluding hydrogens is 258 g/mol. The van der Waals surface area contributed by atoms with Crippen molar-refractivity contribution in [3.8, 4) is 0 Å². The van der Waals surface area contributed by atoms with Gasteiger partial charge in [0.25, 0.3) is 0 Å². The Labute approximate surface area is 121 Å². The van der Waals surface area contributed by atoms with Gasteiger partial charge in [-0.05, 0) is 59.3 Å². The molecule has 2 fully saturated rings. The fourth-order valence-corrected chi connectivity index (χ4v) is 3.15. The second-order valence-corrected chi connectivity index (χ2v) is 7.06. The van der Waals surface area contributed by atoms with Crippen molar-refractivity contribution in [2.24, 2.45) is 0 Å². The van der Waals surface area contributed by atoms with E-state index in [9.17, 15) is 4.79 Å². The molecule has 20 heavy (non-hydrogen) atoms. The van der Waals surface area contributed by atoms with Crippen LogP contribution in [0.25, 0.3) is 0 Å². The molecule has 1 saturated carbocycles. The minimum atomic E-state index is -0.455. The van der Waals surface area contributed by atoms with E-state index in [1.807, 2.05) is 20.8 Å². The molecule has 116 valence electrons. The third-order valence-corrected chi connectivity index (χ3v) is 4.16. The standard InChI is InChI=1S/C15H27NO4/c1-14(2,3)20-13(18)16-11-4-7-15(8-5-11)9-6-12(10-17)19-15/h11-12,17H,4-10H2,1-3H3,(H,16,18). The van der Waals surface area contributed by atoms with Crippen LogP contribution in [0.5, 0.6) is 0 Å². The van der Waals surface area contributed by atoms with Gasteiger partial charge in [0.05, 0.1) is 18.3 Å². The highest BCUT2D eigenvalue weighted by Gasteiger charge is 2.42. The third kappa shape index (κ3) is 4.09. The highest BCUT2D eigenvalue weighted by atomic mass is 16.6. The number of aliphatic hydroxyl groups excluding tert-OH is 1. The largest absolute Gasteiger partial charge is 0.444 e. The van der Waals surface area contributed by atoms with Crippen LogP contribution >= 0.6 is 0 Å². The van der Waals surface area contributed by atoms with E-state index in [0.29, 0.717) is 0 Å². The molecule has 5 nitrogen and oxygen atoms in total. The summed E-state index contributed by atoms with van der Waals surface area (Å²) in [5.74, 6) is 0. The molecule has 1 aliphatic heterocycles. The zero-order valence-electron chi connectivity index (χ0n) is 12.8. The van der Waals surface area contributed by atoms with Gasteiger partial charge < -0.3 is 19.9 Å². The molecule has 0 aromatic heterocycles. The average molecular weight is 285 g/mol.